The van der Waals surface area contributed by atoms with Crippen LogP contribution in [0.1, 0.15) is 72.1 Å². The molecule has 0 spiro atoms. The van der Waals surface area contributed by atoms with E-state index in [4.69, 9.17) is 10.1 Å². The van der Waals surface area contributed by atoms with Gasteiger partial charge in [-0.2, -0.15) is 0 Å². The zero-order valence-electron chi connectivity index (χ0n) is 22.2. The number of carbonyl (C=O) groups is 2. The summed E-state index contributed by atoms with van der Waals surface area (Å²) in [6.07, 6.45) is 7.31. The zero-order chi connectivity index (χ0) is 27.5. The van der Waals surface area contributed by atoms with E-state index in [2.05, 4.69) is 42.0 Å². The van der Waals surface area contributed by atoms with Crippen LogP contribution in [0.25, 0.3) is 0 Å². The van der Waals surface area contributed by atoms with Gasteiger partial charge in [0.15, 0.2) is 5.03 Å². The lowest BCUT2D eigenvalue weighted by molar-refractivity contribution is -0.525. The molecule has 0 aliphatic carbocycles. The number of nitrogens with zero attached hydrogens (tertiary/aromatic N) is 1. The SMILES string of the molecule is CCCCCCCOc1ccc(NC(=O)N[C@@H](CCCNC(=N)N[N+](=O)[O-])C(=O)NCCC(C)C)cc1. The quantitative estimate of drug-likeness (QED) is 0.0561. The molecule has 1 atom stereocenters. The van der Waals surface area contributed by atoms with Crippen molar-refractivity contribution >= 4 is 23.6 Å². The molecule has 208 valence electrons. The molecule has 0 heterocycles. The van der Waals surface area contributed by atoms with Crippen molar-refractivity contribution in [3.8, 4) is 5.75 Å². The van der Waals surface area contributed by atoms with Gasteiger partial charge in [-0.05, 0) is 55.9 Å². The molecule has 12 nitrogen and oxygen atoms in total. The van der Waals surface area contributed by atoms with Gasteiger partial charge in [-0.25, -0.2) is 14.9 Å². The van der Waals surface area contributed by atoms with Gasteiger partial charge in [0.05, 0.1) is 6.61 Å². The van der Waals surface area contributed by atoms with Gasteiger partial charge in [0.25, 0.3) is 5.96 Å². The number of rotatable bonds is 18. The fourth-order valence-electron chi connectivity index (χ4n) is 3.38. The summed E-state index contributed by atoms with van der Waals surface area (Å²) < 4.78 is 5.75. The van der Waals surface area contributed by atoms with Gasteiger partial charge in [0, 0.05) is 18.8 Å². The second-order valence-electron chi connectivity index (χ2n) is 9.22. The van der Waals surface area contributed by atoms with Gasteiger partial charge in [0.1, 0.15) is 11.8 Å². The summed E-state index contributed by atoms with van der Waals surface area (Å²) in [4.78, 5) is 35.6. The molecule has 0 bridgehead atoms. The number of hydrogen-bond donors (Lipinski definition) is 6. The predicted octanol–water partition coefficient (Wildman–Crippen LogP) is 3.77. The van der Waals surface area contributed by atoms with E-state index in [1.165, 1.54) is 19.3 Å². The molecule has 0 saturated heterocycles. The fourth-order valence-corrected chi connectivity index (χ4v) is 3.38. The van der Waals surface area contributed by atoms with E-state index in [0.717, 1.165) is 25.0 Å². The Hall–Kier alpha value is -3.57. The van der Waals surface area contributed by atoms with Crippen LogP contribution in [-0.4, -0.2) is 48.7 Å². The number of hydrazine groups is 1. The minimum Gasteiger partial charge on any atom is -0.494 e. The summed E-state index contributed by atoms with van der Waals surface area (Å²) in [5, 5.41) is 27.8. The van der Waals surface area contributed by atoms with Crippen LogP contribution in [0.2, 0.25) is 0 Å². The molecule has 1 aromatic carbocycles. The zero-order valence-corrected chi connectivity index (χ0v) is 22.2. The average Bonchev–Trinajstić information content (AvgIpc) is 2.83. The van der Waals surface area contributed by atoms with Gasteiger partial charge in [0.2, 0.25) is 5.91 Å². The average molecular weight is 522 g/mol. The van der Waals surface area contributed by atoms with Crippen LogP contribution >= 0.6 is 0 Å². The number of nitrogens with one attached hydrogen (secondary N) is 6. The molecular formula is C25H43N7O5. The van der Waals surface area contributed by atoms with E-state index >= 15 is 0 Å². The number of carbonyl (C=O) groups excluding carboxylic acids is 2. The van der Waals surface area contributed by atoms with Crippen molar-refractivity contribution < 1.29 is 19.4 Å². The van der Waals surface area contributed by atoms with E-state index in [9.17, 15) is 19.7 Å². The van der Waals surface area contributed by atoms with Crippen LogP contribution < -0.4 is 31.4 Å². The number of urea groups is 1. The molecule has 0 aromatic heterocycles. The largest absolute Gasteiger partial charge is 0.494 e. The van der Waals surface area contributed by atoms with Gasteiger partial charge >= 0.3 is 6.03 Å². The monoisotopic (exact) mass is 521 g/mol. The lowest BCUT2D eigenvalue weighted by Gasteiger charge is -2.19. The second-order valence-corrected chi connectivity index (χ2v) is 9.22. The summed E-state index contributed by atoms with van der Waals surface area (Å²) in [5.41, 5.74) is 2.27. The highest BCUT2D eigenvalue weighted by molar-refractivity contribution is 5.93. The molecule has 0 saturated carbocycles. The Bertz CT molecular complexity index is 833. The fraction of sp³-hybridized carbons (Fsp3) is 0.640. The molecule has 6 N–H and O–H groups in total. The number of ether oxygens (including phenoxy) is 1. The molecule has 0 unspecified atom stereocenters. The summed E-state index contributed by atoms with van der Waals surface area (Å²) in [7, 11) is 0. The van der Waals surface area contributed by atoms with E-state index in [1.807, 2.05) is 0 Å². The maximum atomic E-state index is 12.7. The number of unbranched alkanes of at least 4 members (excludes halogenated alkanes) is 4. The summed E-state index contributed by atoms with van der Waals surface area (Å²) in [5.74, 6) is 0.398. The van der Waals surface area contributed by atoms with Crippen LogP contribution in [0.3, 0.4) is 0 Å². The Morgan fingerprint density at radius 3 is 2.35 bits per heavy atom. The Morgan fingerprint density at radius 2 is 1.70 bits per heavy atom. The molecule has 0 aliphatic rings. The molecular weight excluding hydrogens is 478 g/mol. The number of amides is 3. The number of anilines is 1. The van der Waals surface area contributed by atoms with Crippen molar-refractivity contribution in [2.24, 2.45) is 5.92 Å². The van der Waals surface area contributed by atoms with Crippen molar-refractivity contribution in [2.45, 2.75) is 78.2 Å². The normalized spacial score (nSPS) is 11.4. The third-order valence-electron chi connectivity index (χ3n) is 5.45. The molecule has 1 aromatic rings. The molecule has 0 aliphatic heterocycles. The molecule has 3 amide bonds. The van der Waals surface area contributed by atoms with Crippen molar-refractivity contribution in [1.82, 2.24) is 21.4 Å². The van der Waals surface area contributed by atoms with Crippen molar-refractivity contribution in [3.05, 3.63) is 34.4 Å². The van der Waals surface area contributed by atoms with Crippen molar-refractivity contribution in [1.29, 1.82) is 5.41 Å². The van der Waals surface area contributed by atoms with E-state index in [-0.39, 0.29) is 18.9 Å². The molecule has 0 fully saturated rings. The molecule has 1 rings (SSSR count). The highest BCUT2D eigenvalue weighted by atomic mass is 16.7. The van der Waals surface area contributed by atoms with Crippen molar-refractivity contribution in [3.63, 3.8) is 0 Å². The lowest BCUT2D eigenvalue weighted by Crippen LogP contribution is -2.48. The van der Waals surface area contributed by atoms with Gasteiger partial charge in [-0.3, -0.25) is 10.2 Å². The highest BCUT2D eigenvalue weighted by Crippen LogP contribution is 2.16. The lowest BCUT2D eigenvalue weighted by atomic mass is 10.1. The first-order valence-corrected chi connectivity index (χ1v) is 13.0. The first-order valence-electron chi connectivity index (χ1n) is 13.0. The Morgan fingerprint density at radius 1 is 1.00 bits per heavy atom. The van der Waals surface area contributed by atoms with Crippen LogP contribution in [0.15, 0.2) is 24.3 Å². The van der Waals surface area contributed by atoms with Gasteiger partial charge in [-0.1, -0.05) is 51.9 Å². The van der Waals surface area contributed by atoms with Gasteiger partial charge < -0.3 is 26.0 Å². The molecule has 37 heavy (non-hydrogen) atoms. The van der Waals surface area contributed by atoms with Gasteiger partial charge in [-0.15, -0.1) is 0 Å². The Balaban J connectivity index is 2.55. The van der Waals surface area contributed by atoms with Crippen LogP contribution in [-0.2, 0) is 4.79 Å². The number of benzene rings is 1. The predicted molar refractivity (Wildman–Crippen MR) is 144 cm³/mol. The summed E-state index contributed by atoms with van der Waals surface area (Å²) in [6, 6.07) is 5.73. The first-order chi connectivity index (χ1) is 17.7. The Kier molecular flexibility index (Phi) is 15.9. The minimum absolute atomic E-state index is 0.221. The minimum atomic E-state index is -0.834. The first kappa shape index (κ1) is 31.5. The van der Waals surface area contributed by atoms with E-state index < -0.39 is 23.1 Å². The van der Waals surface area contributed by atoms with E-state index in [1.54, 1.807) is 29.7 Å². The maximum Gasteiger partial charge on any atom is 0.319 e. The third kappa shape index (κ3) is 15.9. The van der Waals surface area contributed by atoms with E-state index in [0.29, 0.717) is 31.2 Å². The number of hydrogen-bond acceptors (Lipinski definition) is 6. The standard InChI is InChI=1S/C25H43N7O5/c1-4-5-6-7-8-18-37-21-13-11-20(12-14-21)29-25(34)30-22(23(33)27-17-15-19(2)3)10-9-16-28-24(26)31-32(35)36/h11-14,19,22H,4-10,15-18H2,1-3H3,(H,27,33)(H3,26,28,31)(H2,29,30,34)/t22-/m0/s1. The van der Waals surface area contributed by atoms with Crippen LogP contribution in [0.5, 0.6) is 5.75 Å². The Labute approximate surface area is 219 Å². The highest BCUT2D eigenvalue weighted by Gasteiger charge is 2.20. The molecule has 12 heteroatoms. The maximum absolute atomic E-state index is 12.7. The number of guanidine groups is 1. The van der Waals surface area contributed by atoms with Crippen LogP contribution in [0, 0.1) is 21.4 Å². The van der Waals surface area contributed by atoms with Crippen LogP contribution in [0.4, 0.5) is 10.5 Å². The third-order valence-corrected chi connectivity index (χ3v) is 5.45. The topological polar surface area (TPSA) is 171 Å². The summed E-state index contributed by atoms with van der Waals surface area (Å²) in [6.45, 7) is 7.66. The number of nitro groups is 1. The molecule has 0 radical (unpaired) electrons. The smallest absolute Gasteiger partial charge is 0.319 e. The summed E-state index contributed by atoms with van der Waals surface area (Å²) >= 11 is 0. The van der Waals surface area contributed by atoms with Crippen molar-refractivity contribution in [2.75, 3.05) is 25.0 Å². The second kappa shape index (κ2) is 18.7.